The Morgan fingerprint density at radius 1 is 1.09 bits per heavy atom. The molecule has 0 amide bonds. The van der Waals surface area contributed by atoms with Crippen molar-refractivity contribution in [3.05, 3.63) is 69.9 Å². The molecule has 1 aromatic carbocycles. The molecule has 0 fully saturated rings. The normalized spacial score (nSPS) is 11.0. The predicted molar refractivity (Wildman–Crippen MR) is 88.0 cm³/mol. The number of H-pyrrole nitrogens is 1. The maximum absolute atomic E-state index is 12.0. The van der Waals surface area contributed by atoms with Crippen molar-refractivity contribution in [1.29, 1.82) is 0 Å². The van der Waals surface area contributed by atoms with Gasteiger partial charge in [0, 0.05) is 12.6 Å². The first-order valence-corrected chi connectivity index (χ1v) is 7.62. The van der Waals surface area contributed by atoms with E-state index in [0.29, 0.717) is 11.0 Å². The van der Waals surface area contributed by atoms with Gasteiger partial charge in [-0.25, -0.2) is 9.97 Å². The van der Waals surface area contributed by atoms with Crippen LogP contribution in [-0.4, -0.2) is 15.0 Å². The first-order chi connectivity index (χ1) is 10.7. The van der Waals surface area contributed by atoms with E-state index in [1.807, 2.05) is 0 Å². The third-order valence-electron chi connectivity index (χ3n) is 3.74. The molecule has 0 aliphatic carbocycles. The molecule has 0 atom stereocenters. The van der Waals surface area contributed by atoms with E-state index in [-0.39, 0.29) is 5.56 Å². The highest BCUT2D eigenvalue weighted by atomic mass is 16.1. The number of fused-ring (bicyclic) bond motifs is 1. The second-order valence-electron chi connectivity index (χ2n) is 5.58. The monoisotopic (exact) mass is 293 g/mol. The molecule has 0 aliphatic rings. The van der Waals surface area contributed by atoms with Crippen molar-refractivity contribution in [2.75, 3.05) is 0 Å². The molecule has 2 aromatic heterocycles. The fourth-order valence-electron chi connectivity index (χ4n) is 2.63. The molecule has 0 bridgehead atoms. The van der Waals surface area contributed by atoms with Gasteiger partial charge in [0.1, 0.15) is 5.82 Å². The summed E-state index contributed by atoms with van der Waals surface area (Å²) >= 11 is 0. The fraction of sp³-hybridized carbons (Fsp3) is 0.278. The van der Waals surface area contributed by atoms with E-state index in [1.54, 1.807) is 18.3 Å². The average molecular weight is 293 g/mol. The van der Waals surface area contributed by atoms with E-state index in [1.165, 1.54) is 11.1 Å². The lowest BCUT2D eigenvalue weighted by atomic mass is 10.0. The van der Waals surface area contributed by atoms with Crippen molar-refractivity contribution >= 4 is 11.0 Å². The average Bonchev–Trinajstić information content (AvgIpc) is 2.52. The summed E-state index contributed by atoms with van der Waals surface area (Å²) in [5.74, 6) is 0.723. The second kappa shape index (κ2) is 6.52. The van der Waals surface area contributed by atoms with Crippen LogP contribution in [0.3, 0.4) is 0 Å². The summed E-state index contributed by atoms with van der Waals surface area (Å²) in [6, 6.07) is 12.1. The van der Waals surface area contributed by atoms with Crippen molar-refractivity contribution in [3.63, 3.8) is 0 Å². The Kier molecular flexibility index (Phi) is 4.28. The zero-order valence-electron chi connectivity index (χ0n) is 12.7. The van der Waals surface area contributed by atoms with Gasteiger partial charge in [-0.15, -0.1) is 0 Å². The lowest BCUT2D eigenvalue weighted by Gasteiger charge is -2.04. The van der Waals surface area contributed by atoms with E-state index in [9.17, 15) is 4.79 Å². The van der Waals surface area contributed by atoms with Gasteiger partial charge in [-0.3, -0.25) is 4.79 Å². The van der Waals surface area contributed by atoms with Crippen molar-refractivity contribution in [2.45, 2.75) is 32.6 Å². The fourth-order valence-corrected chi connectivity index (χ4v) is 2.63. The molecule has 0 saturated carbocycles. The van der Waals surface area contributed by atoms with Gasteiger partial charge in [0.2, 0.25) is 0 Å². The molecule has 4 heteroatoms. The molecule has 0 unspecified atom stereocenters. The summed E-state index contributed by atoms with van der Waals surface area (Å²) in [6.45, 7) is 2.11. The minimum Gasteiger partial charge on any atom is -0.310 e. The number of benzene rings is 1. The summed E-state index contributed by atoms with van der Waals surface area (Å²) in [5, 5.41) is 0.547. The van der Waals surface area contributed by atoms with E-state index in [0.717, 1.165) is 31.5 Å². The number of nitrogens with zero attached hydrogens (tertiary/aromatic N) is 2. The number of nitrogens with one attached hydrogen (secondary N) is 1. The minimum atomic E-state index is -0.105. The molecule has 2 heterocycles. The predicted octanol–water partition coefficient (Wildman–Crippen LogP) is 3.19. The highest BCUT2D eigenvalue weighted by Crippen LogP contribution is 2.10. The van der Waals surface area contributed by atoms with Crippen LogP contribution >= 0.6 is 0 Å². The minimum absolute atomic E-state index is 0.105. The van der Waals surface area contributed by atoms with Crippen LogP contribution < -0.4 is 5.56 Å². The number of aromatic amines is 1. The molecule has 1 N–H and O–H groups in total. The molecule has 0 spiro atoms. The SMILES string of the molecule is Cc1cccc(CCCCc2nc3ncccc3c(=O)[nH]2)c1. The largest absolute Gasteiger partial charge is 0.310 e. The number of pyridine rings is 1. The highest BCUT2D eigenvalue weighted by Gasteiger charge is 2.04. The summed E-state index contributed by atoms with van der Waals surface area (Å²) in [6.07, 6.45) is 5.56. The standard InChI is InChI=1S/C18H19N3O/c1-13-6-4-8-14(12-13)7-2-3-10-16-20-17-15(18(22)21-16)9-5-11-19-17/h4-6,8-9,11-12H,2-3,7,10H2,1H3,(H,19,20,21,22). The Morgan fingerprint density at radius 2 is 1.95 bits per heavy atom. The van der Waals surface area contributed by atoms with Gasteiger partial charge in [-0.2, -0.15) is 0 Å². The maximum Gasteiger partial charge on any atom is 0.260 e. The first kappa shape index (κ1) is 14.4. The van der Waals surface area contributed by atoms with Crippen LogP contribution in [0, 0.1) is 6.92 Å². The number of aromatic nitrogens is 3. The van der Waals surface area contributed by atoms with Crippen molar-refractivity contribution in [1.82, 2.24) is 15.0 Å². The molecule has 0 saturated heterocycles. The van der Waals surface area contributed by atoms with Crippen molar-refractivity contribution in [2.24, 2.45) is 0 Å². The molecule has 3 aromatic rings. The van der Waals surface area contributed by atoms with Crippen LogP contribution in [0.15, 0.2) is 47.4 Å². The van der Waals surface area contributed by atoms with Crippen LogP contribution in [0.25, 0.3) is 11.0 Å². The number of hydrogen-bond acceptors (Lipinski definition) is 3. The van der Waals surface area contributed by atoms with Crippen molar-refractivity contribution in [3.8, 4) is 0 Å². The van der Waals surface area contributed by atoms with Gasteiger partial charge < -0.3 is 4.98 Å². The lowest BCUT2D eigenvalue weighted by Crippen LogP contribution is -2.12. The number of aryl methyl sites for hydroxylation is 3. The van der Waals surface area contributed by atoms with Crippen LogP contribution in [0.5, 0.6) is 0 Å². The zero-order chi connectivity index (χ0) is 15.4. The summed E-state index contributed by atoms with van der Waals surface area (Å²) in [7, 11) is 0. The van der Waals surface area contributed by atoms with Crippen LogP contribution in [0.2, 0.25) is 0 Å². The molecule has 0 aliphatic heterocycles. The number of hydrogen-bond donors (Lipinski definition) is 1. The molecule has 4 nitrogen and oxygen atoms in total. The first-order valence-electron chi connectivity index (χ1n) is 7.62. The van der Waals surface area contributed by atoms with Gasteiger partial charge in [0.25, 0.3) is 5.56 Å². The van der Waals surface area contributed by atoms with Gasteiger partial charge in [0.15, 0.2) is 5.65 Å². The highest BCUT2D eigenvalue weighted by molar-refractivity contribution is 5.72. The third kappa shape index (κ3) is 3.39. The third-order valence-corrected chi connectivity index (χ3v) is 3.74. The van der Waals surface area contributed by atoms with E-state index >= 15 is 0 Å². The smallest absolute Gasteiger partial charge is 0.260 e. The molecule has 22 heavy (non-hydrogen) atoms. The topological polar surface area (TPSA) is 58.6 Å². The van der Waals surface area contributed by atoms with Crippen LogP contribution in [-0.2, 0) is 12.8 Å². The summed E-state index contributed by atoms with van der Waals surface area (Å²) < 4.78 is 0. The Balaban J connectivity index is 1.61. The molecule has 112 valence electrons. The van der Waals surface area contributed by atoms with Gasteiger partial charge in [0.05, 0.1) is 5.39 Å². The summed E-state index contributed by atoms with van der Waals surface area (Å²) in [5.41, 5.74) is 3.08. The second-order valence-corrected chi connectivity index (χ2v) is 5.58. The van der Waals surface area contributed by atoms with Gasteiger partial charge >= 0.3 is 0 Å². The quantitative estimate of drug-likeness (QED) is 0.735. The Labute approximate surface area is 129 Å². The number of unbranched alkanes of at least 4 members (excludes halogenated alkanes) is 1. The molecule has 0 radical (unpaired) electrons. The Hall–Kier alpha value is -2.49. The Morgan fingerprint density at radius 3 is 2.82 bits per heavy atom. The van der Waals surface area contributed by atoms with E-state index in [4.69, 9.17) is 0 Å². The lowest BCUT2D eigenvalue weighted by molar-refractivity contribution is 0.707. The summed E-state index contributed by atoms with van der Waals surface area (Å²) in [4.78, 5) is 23.4. The Bertz CT molecular complexity index is 839. The molecule has 3 rings (SSSR count). The van der Waals surface area contributed by atoms with Gasteiger partial charge in [-0.1, -0.05) is 29.8 Å². The number of rotatable bonds is 5. The molecular formula is C18H19N3O. The zero-order valence-corrected chi connectivity index (χ0v) is 12.7. The van der Waals surface area contributed by atoms with Crippen molar-refractivity contribution < 1.29 is 0 Å². The maximum atomic E-state index is 12.0. The van der Waals surface area contributed by atoms with Gasteiger partial charge in [-0.05, 0) is 43.9 Å². The molecular weight excluding hydrogens is 274 g/mol. The van der Waals surface area contributed by atoms with E-state index in [2.05, 4.69) is 46.1 Å². The van der Waals surface area contributed by atoms with E-state index < -0.39 is 0 Å². The van der Waals surface area contributed by atoms with Crippen LogP contribution in [0.4, 0.5) is 0 Å². The van der Waals surface area contributed by atoms with Crippen LogP contribution in [0.1, 0.15) is 29.8 Å².